The van der Waals surface area contributed by atoms with Crippen LogP contribution in [0.3, 0.4) is 0 Å². The highest BCUT2D eigenvalue weighted by Crippen LogP contribution is 2.42. The van der Waals surface area contributed by atoms with Crippen LogP contribution in [-0.4, -0.2) is 69.6 Å². The third-order valence-electron chi connectivity index (χ3n) is 10.2. The second-order valence-electron chi connectivity index (χ2n) is 13.5. The van der Waals surface area contributed by atoms with E-state index in [-0.39, 0.29) is 11.9 Å². The molecule has 2 fully saturated rings. The zero-order valence-corrected chi connectivity index (χ0v) is 31.5. The van der Waals surface area contributed by atoms with Crippen molar-refractivity contribution in [1.82, 2.24) is 29.7 Å². The van der Waals surface area contributed by atoms with Gasteiger partial charge >= 0.3 is 0 Å². The van der Waals surface area contributed by atoms with Crippen LogP contribution in [-0.2, 0) is 0 Å². The number of fused-ring (bicyclic) bond motifs is 1. The number of pyridine rings is 1. The number of hydrogen-bond donors (Lipinski definition) is 3. The van der Waals surface area contributed by atoms with Crippen molar-refractivity contribution in [3.63, 3.8) is 0 Å². The van der Waals surface area contributed by atoms with Gasteiger partial charge in [-0.25, -0.2) is 9.97 Å². The van der Waals surface area contributed by atoms with Gasteiger partial charge in [-0.05, 0) is 81.4 Å². The summed E-state index contributed by atoms with van der Waals surface area (Å²) in [6, 6.07) is 27.6. The molecule has 2 saturated heterocycles. The summed E-state index contributed by atoms with van der Waals surface area (Å²) >= 11 is 12.7. The van der Waals surface area contributed by atoms with Gasteiger partial charge in [0.05, 0.1) is 29.4 Å². The zero-order chi connectivity index (χ0) is 36.9. The average molecular weight is 748 g/mol. The van der Waals surface area contributed by atoms with Crippen LogP contribution in [0.25, 0.3) is 33.4 Å². The number of anilines is 2. The molecule has 5 heterocycles. The van der Waals surface area contributed by atoms with Gasteiger partial charge in [-0.1, -0.05) is 78.3 Å². The van der Waals surface area contributed by atoms with Gasteiger partial charge in [0, 0.05) is 70.5 Å². The van der Waals surface area contributed by atoms with Crippen molar-refractivity contribution in [2.45, 2.75) is 38.3 Å². The van der Waals surface area contributed by atoms with E-state index in [9.17, 15) is 4.79 Å². The summed E-state index contributed by atoms with van der Waals surface area (Å²) in [7, 11) is 2.00. The largest absolute Gasteiger partial charge is 0.378 e. The first kappa shape index (κ1) is 36.3. The molecule has 6 aromatic rings. The third kappa shape index (κ3) is 7.83. The number of benzene rings is 3. The van der Waals surface area contributed by atoms with E-state index in [2.05, 4.69) is 43.5 Å². The number of piperidine rings is 1. The number of rotatable bonds is 9. The first-order valence-corrected chi connectivity index (χ1v) is 18.8. The van der Waals surface area contributed by atoms with Crippen molar-refractivity contribution in [2.75, 3.05) is 43.4 Å². The summed E-state index contributed by atoms with van der Waals surface area (Å²) in [4.78, 5) is 32.0. The molecule has 1 amide bonds. The van der Waals surface area contributed by atoms with Crippen molar-refractivity contribution in [1.29, 1.82) is 0 Å². The van der Waals surface area contributed by atoms with Crippen LogP contribution in [0.2, 0.25) is 10.0 Å². The molecule has 0 aliphatic carbocycles. The van der Waals surface area contributed by atoms with E-state index in [0.717, 1.165) is 70.7 Å². The summed E-state index contributed by atoms with van der Waals surface area (Å²) in [6.07, 6.45) is 8.88. The number of hydrogen-bond acceptors (Lipinski definition) is 6. The van der Waals surface area contributed by atoms with Crippen LogP contribution in [0.15, 0.2) is 110 Å². The molecule has 8 rings (SSSR count). The van der Waals surface area contributed by atoms with Crippen LogP contribution in [0.4, 0.5) is 11.5 Å². The molecule has 3 aromatic heterocycles. The number of imidazole rings is 1. The lowest BCUT2D eigenvalue weighted by molar-refractivity contribution is 0.102. The Morgan fingerprint density at radius 2 is 1.68 bits per heavy atom. The predicted molar refractivity (Wildman–Crippen MR) is 218 cm³/mol. The lowest BCUT2D eigenvalue weighted by Gasteiger charge is -2.33. The van der Waals surface area contributed by atoms with E-state index < -0.39 is 0 Å². The summed E-state index contributed by atoms with van der Waals surface area (Å²) in [5, 5.41) is 8.69. The fourth-order valence-corrected chi connectivity index (χ4v) is 7.33. The minimum atomic E-state index is -0.280. The van der Waals surface area contributed by atoms with Gasteiger partial charge in [-0.3, -0.25) is 4.79 Å². The van der Waals surface area contributed by atoms with Crippen LogP contribution in [0.5, 0.6) is 0 Å². The molecule has 0 saturated carbocycles. The minimum absolute atomic E-state index is 0.120. The maximum atomic E-state index is 14.5. The molecule has 11 heteroatoms. The highest BCUT2D eigenvalue weighted by atomic mass is 35.5. The first-order valence-electron chi connectivity index (χ1n) is 18.1. The molecule has 53 heavy (non-hydrogen) atoms. The molecule has 0 radical (unpaired) electrons. The van der Waals surface area contributed by atoms with Crippen LogP contribution < -0.4 is 15.5 Å². The number of H-pyrrole nitrogens is 1. The van der Waals surface area contributed by atoms with Crippen LogP contribution in [0.1, 0.15) is 48.3 Å². The molecule has 0 bridgehead atoms. The maximum absolute atomic E-state index is 14.5. The molecule has 3 N–H and O–H groups in total. The number of likely N-dealkylation sites (tertiary alicyclic amines) is 1. The van der Waals surface area contributed by atoms with Gasteiger partial charge in [0.15, 0.2) is 5.82 Å². The molecule has 272 valence electrons. The Labute approximate surface area is 320 Å². The second-order valence-corrected chi connectivity index (χ2v) is 14.3. The smallest absolute Gasteiger partial charge is 0.272 e. The predicted octanol–water partition coefficient (Wildman–Crippen LogP) is 9.29. The van der Waals surface area contributed by atoms with Gasteiger partial charge in [0.1, 0.15) is 5.69 Å². The van der Waals surface area contributed by atoms with Crippen molar-refractivity contribution in [2.24, 2.45) is 0 Å². The van der Waals surface area contributed by atoms with E-state index in [1.807, 2.05) is 105 Å². The lowest BCUT2D eigenvalue weighted by Crippen LogP contribution is -2.41. The molecule has 3 aromatic carbocycles. The Balaban J connectivity index is 0.000000661. The number of amides is 1. The van der Waals surface area contributed by atoms with Gasteiger partial charge in [-0.15, -0.1) is 0 Å². The summed E-state index contributed by atoms with van der Waals surface area (Å²) < 4.78 is 2.13. The standard InChI is InChI=1S/C37H35Cl2N7O.C5H9N/c1-23(24-10-12-26(38)13-11-24)46-22-42-33(25-7-4-3-5-8-25)35(46)32-29-15-14-27(39)21-31(29)43-34(32)37(47)44-30-9-6-18-41-36(30)45-19-16-28(40-2)17-20-45;1-2-6-4-3-5-6/h3-15,18,21-23,28,40,43H,16-17,19-20H2,1-2H3,(H,44,47);2H,1,3-5H2. The molecule has 2 aliphatic heterocycles. The lowest BCUT2D eigenvalue weighted by atomic mass is 9.99. The fourth-order valence-electron chi connectivity index (χ4n) is 7.03. The summed E-state index contributed by atoms with van der Waals surface area (Å²) in [6.45, 7) is 9.88. The fraction of sp³-hybridized carbons (Fsp3) is 0.262. The molecule has 0 spiro atoms. The highest BCUT2D eigenvalue weighted by molar-refractivity contribution is 6.31. The van der Waals surface area contributed by atoms with Crippen molar-refractivity contribution >= 4 is 51.5 Å². The summed E-state index contributed by atoms with van der Waals surface area (Å²) in [5.74, 6) is 0.486. The first-order chi connectivity index (χ1) is 25.8. The number of aromatic nitrogens is 4. The van der Waals surface area contributed by atoms with Gasteiger partial charge in [0.2, 0.25) is 0 Å². The highest BCUT2D eigenvalue weighted by Gasteiger charge is 2.29. The topological polar surface area (TPSA) is 94.1 Å². The number of carbonyl (C=O) groups is 1. The maximum Gasteiger partial charge on any atom is 0.272 e. The van der Waals surface area contributed by atoms with Gasteiger partial charge in [-0.2, -0.15) is 0 Å². The number of nitrogens with zero attached hydrogens (tertiary/aromatic N) is 5. The van der Waals surface area contributed by atoms with E-state index >= 15 is 0 Å². The van der Waals surface area contributed by atoms with E-state index in [1.54, 1.807) is 6.20 Å². The molecule has 1 unspecified atom stereocenters. The van der Waals surface area contributed by atoms with E-state index in [1.165, 1.54) is 19.5 Å². The molecule has 1 atom stereocenters. The van der Waals surface area contributed by atoms with Gasteiger partial charge in [0.25, 0.3) is 5.91 Å². The average Bonchev–Trinajstić information content (AvgIpc) is 3.77. The SMILES string of the molecule is C=CN1CCC1.CNC1CCN(c2ncccc2NC(=O)c2[nH]c3cc(Cl)ccc3c2-c2c(-c3ccccc3)ncn2C(C)c2ccc(Cl)cc2)CC1. The van der Waals surface area contributed by atoms with Crippen molar-refractivity contribution in [3.8, 4) is 22.5 Å². The third-order valence-corrected chi connectivity index (χ3v) is 10.7. The normalized spacial score (nSPS) is 15.0. The second kappa shape index (κ2) is 16.3. The molecular weight excluding hydrogens is 703 g/mol. The van der Waals surface area contributed by atoms with Crippen molar-refractivity contribution < 1.29 is 4.79 Å². The molecular formula is C42H44Cl2N8O. The number of aromatic amines is 1. The summed E-state index contributed by atoms with van der Waals surface area (Å²) in [5.41, 5.74) is 6.16. The number of halogens is 2. The Morgan fingerprint density at radius 3 is 2.34 bits per heavy atom. The molecule has 9 nitrogen and oxygen atoms in total. The van der Waals surface area contributed by atoms with Gasteiger partial charge < -0.3 is 30.0 Å². The zero-order valence-electron chi connectivity index (χ0n) is 30.0. The Hall–Kier alpha value is -5.09. The molecule has 2 aliphatic rings. The quantitative estimate of drug-likeness (QED) is 0.137. The minimum Gasteiger partial charge on any atom is -0.378 e. The number of nitrogens with one attached hydrogen (secondary N) is 3. The monoisotopic (exact) mass is 746 g/mol. The number of carbonyl (C=O) groups excluding carboxylic acids is 1. The Bertz CT molecular complexity index is 2180. The van der Waals surface area contributed by atoms with Crippen LogP contribution >= 0.6 is 23.2 Å². The van der Waals surface area contributed by atoms with Crippen molar-refractivity contribution in [3.05, 3.63) is 132 Å². The van der Waals surface area contributed by atoms with E-state index in [0.29, 0.717) is 27.5 Å². The van der Waals surface area contributed by atoms with Crippen LogP contribution in [0, 0.1) is 0 Å². The Morgan fingerprint density at radius 1 is 0.943 bits per heavy atom. The Kier molecular flexibility index (Phi) is 11.1. The van der Waals surface area contributed by atoms with E-state index in [4.69, 9.17) is 33.2 Å².